The summed E-state index contributed by atoms with van der Waals surface area (Å²) < 4.78 is 0. The molecule has 1 aromatic rings. The van der Waals surface area contributed by atoms with Gasteiger partial charge in [0.05, 0.1) is 17.4 Å². The predicted molar refractivity (Wildman–Crippen MR) is 53.4 cm³/mol. The molecule has 0 saturated carbocycles. The Labute approximate surface area is 86.5 Å². The average Bonchev–Trinajstić information content (AvgIpc) is 2.14. The molecule has 14 heavy (non-hydrogen) atoms. The monoisotopic (exact) mass is 214 g/mol. The number of rotatable bonds is 3. The van der Waals surface area contributed by atoms with E-state index in [1.165, 1.54) is 12.4 Å². The van der Waals surface area contributed by atoms with E-state index in [1.807, 2.05) is 0 Å². The largest absolute Gasteiger partial charge is 0.385 e. The normalized spacial score (nSPS) is 18.7. The van der Waals surface area contributed by atoms with E-state index >= 15 is 0 Å². The SMILES string of the molecule is OC1(CNc2ncc(Cl)cn2)CNC1. The van der Waals surface area contributed by atoms with E-state index in [0.29, 0.717) is 30.6 Å². The maximum Gasteiger partial charge on any atom is 0.222 e. The van der Waals surface area contributed by atoms with Gasteiger partial charge in [-0.15, -0.1) is 0 Å². The van der Waals surface area contributed by atoms with Crippen LogP contribution in [0, 0.1) is 0 Å². The number of aliphatic hydroxyl groups is 1. The molecule has 6 heteroatoms. The minimum atomic E-state index is -0.664. The number of hydrogen-bond acceptors (Lipinski definition) is 5. The number of β-amino-alcohol motifs (C(OH)–C–C–N with tert-alkyl or cyclic N) is 1. The number of halogens is 1. The molecule has 2 rings (SSSR count). The molecule has 1 saturated heterocycles. The quantitative estimate of drug-likeness (QED) is 0.654. The van der Waals surface area contributed by atoms with Gasteiger partial charge in [-0.1, -0.05) is 11.6 Å². The lowest BCUT2D eigenvalue weighted by Gasteiger charge is -2.37. The van der Waals surface area contributed by atoms with Crippen molar-refractivity contribution in [2.75, 3.05) is 25.0 Å². The summed E-state index contributed by atoms with van der Waals surface area (Å²) in [7, 11) is 0. The lowest BCUT2D eigenvalue weighted by atomic mass is 9.98. The lowest BCUT2D eigenvalue weighted by molar-refractivity contribution is 0.00299. The van der Waals surface area contributed by atoms with E-state index in [0.717, 1.165) is 0 Å². The molecular weight excluding hydrogens is 204 g/mol. The van der Waals surface area contributed by atoms with Gasteiger partial charge < -0.3 is 15.7 Å². The standard InChI is InChI=1S/C8H11ClN4O/c9-6-1-11-7(12-2-6)13-5-8(14)3-10-4-8/h1-2,10,14H,3-5H2,(H,11,12,13). The summed E-state index contributed by atoms with van der Waals surface area (Å²) in [4.78, 5) is 7.91. The topological polar surface area (TPSA) is 70.1 Å². The van der Waals surface area contributed by atoms with Crippen LogP contribution in [0.15, 0.2) is 12.4 Å². The molecule has 0 aromatic carbocycles. The van der Waals surface area contributed by atoms with Crippen LogP contribution in [0.5, 0.6) is 0 Å². The molecule has 0 aliphatic carbocycles. The molecule has 1 aliphatic rings. The number of nitrogens with one attached hydrogen (secondary N) is 2. The number of hydrogen-bond donors (Lipinski definition) is 3. The van der Waals surface area contributed by atoms with Crippen LogP contribution in [0.1, 0.15) is 0 Å². The zero-order valence-electron chi connectivity index (χ0n) is 7.50. The molecule has 0 radical (unpaired) electrons. The first-order valence-corrected chi connectivity index (χ1v) is 4.70. The van der Waals surface area contributed by atoms with Gasteiger partial charge in [0.25, 0.3) is 0 Å². The number of anilines is 1. The summed E-state index contributed by atoms with van der Waals surface area (Å²) in [6.07, 6.45) is 3.03. The molecule has 0 atom stereocenters. The Hall–Kier alpha value is -0.910. The van der Waals surface area contributed by atoms with Gasteiger partial charge >= 0.3 is 0 Å². The molecule has 1 fully saturated rings. The Balaban J connectivity index is 1.88. The van der Waals surface area contributed by atoms with Gasteiger partial charge in [0.15, 0.2) is 0 Å². The summed E-state index contributed by atoms with van der Waals surface area (Å²) in [5, 5.41) is 16.2. The van der Waals surface area contributed by atoms with Crippen molar-refractivity contribution in [1.29, 1.82) is 0 Å². The molecule has 0 spiro atoms. The molecule has 5 nitrogen and oxygen atoms in total. The van der Waals surface area contributed by atoms with Crippen LogP contribution in [0.25, 0.3) is 0 Å². The smallest absolute Gasteiger partial charge is 0.222 e. The van der Waals surface area contributed by atoms with Crippen molar-refractivity contribution < 1.29 is 5.11 Å². The molecule has 0 amide bonds. The molecule has 76 valence electrons. The van der Waals surface area contributed by atoms with Gasteiger partial charge in [-0.2, -0.15) is 0 Å². The average molecular weight is 215 g/mol. The van der Waals surface area contributed by atoms with Crippen molar-refractivity contribution in [3.63, 3.8) is 0 Å². The fourth-order valence-corrected chi connectivity index (χ4v) is 1.28. The summed E-state index contributed by atoms with van der Waals surface area (Å²) in [6.45, 7) is 1.66. The van der Waals surface area contributed by atoms with Crippen LogP contribution >= 0.6 is 11.6 Å². The van der Waals surface area contributed by atoms with Crippen LogP contribution in [-0.2, 0) is 0 Å². The number of aromatic nitrogens is 2. The second kappa shape index (κ2) is 3.68. The molecule has 1 aliphatic heterocycles. The first-order chi connectivity index (χ1) is 6.68. The van der Waals surface area contributed by atoms with E-state index in [-0.39, 0.29) is 0 Å². The van der Waals surface area contributed by atoms with E-state index in [9.17, 15) is 5.11 Å². The van der Waals surface area contributed by atoms with Crippen molar-refractivity contribution in [2.45, 2.75) is 5.60 Å². The molecular formula is C8H11ClN4O. The van der Waals surface area contributed by atoms with E-state index < -0.39 is 5.60 Å². The van der Waals surface area contributed by atoms with Gasteiger partial charge in [-0.25, -0.2) is 9.97 Å². The summed E-state index contributed by atoms with van der Waals surface area (Å²) >= 11 is 5.63. The lowest BCUT2D eigenvalue weighted by Crippen LogP contribution is -2.63. The van der Waals surface area contributed by atoms with Crippen molar-refractivity contribution in [3.05, 3.63) is 17.4 Å². The highest BCUT2D eigenvalue weighted by atomic mass is 35.5. The second-order valence-electron chi connectivity index (χ2n) is 3.41. The highest BCUT2D eigenvalue weighted by Gasteiger charge is 2.33. The third-order valence-corrected chi connectivity index (χ3v) is 2.30. The fourth-order valence-electron chi connectivity index (χ4n) is 1.19. The Bertz CT molecular complexity index is 312. The van der Waals surface area contributed by atoms with Crippen LogP contribution in [0.2, 0.25) is 5.02 Å². The summed E-state index contributed by atoms with van der Waals surface area (Å²) in [5.41, 5.74) is -0.664. The van der Waals surface area contributed by atoms with Crippen LogP contribution in [-0.4, -0.2) is 40.3 Å². The van der Waals surface area contributed by atoms with E-state index in [1.54, 1.807) is 0 Å². The predicted octanol–water partition coefficient (Wildman–Crippen LogP) is -0.124. The minimum absolute atomic E-state index is 0.446. The zero-order valence-corrected chi connectivity index (χ0v) is 8.25. The summed E-state index contributed by atoms with van der Waals surface area (Å²) in [6, 6.07) is 0. The highest BCUT2D eigenvalue weighted by Crippen LogP contribution is 2.11. The van der Waals surface area contributed by atoms with Gasteiger partial charge in [-0.05, 0) is 0 Å². The molecule has 1 aromatic heterocycles. The molecule has 0 unspecified atom stereocenters. The molecule has 3 N–H and O–H groups in total. The van der Waals surface area contributed by atoms with Crippen LogP contribution in [0.4, 0.5) is 5.95 Å². The minimum Gasteiger partial charge on any atom is -0.385 e. The first-order valence-electron chi connectivity index (χ1n) is 4.32. The maximum atomic E-state index is 9.72. The van der Waals surface area contributed by atoms with Crippen LogP contribution in [0.3, 0.4) is 0 Å². The van der Waals surface area contributed by atoms with Gasteiger partial charge in [0.2, 0.25) is 5.95 Å². The molecule has 2 heterocycles. The van der Waals surface area contributed by atoms with Crippen molar-refractivity contribution in [2.24, 2.45) is 0 Å². The first kappa shape index (κ1) is 9.64. The van der Waals surface area contributed by atoms with Gasteiger partial charge in [0, 0.05) is 19.6 Å². The van der Waals surface area contributed by atoms with Gasteiger partial charge in [-0.3, -0.25) is 0 Å². The zero-order chi connectivity index (χ0) is 10.0. The third-order valence-electron chi connectivity index (χ3n) is 2.10. The van der Waals surface area contributed by atoms with Crippen molar-refractivity contribution >= 4 is 17.5 Å². The van der Waals surface area contributed by atoms with E-state index in [2.05, 4.69) is 20.6 Å². The Morgan fingerprint density at radius 2 is 2.14 bits per heavy atom. The van der Waals surface area contributed by atoms with Crippen molar-refractivity contribution in [3.8, 4) is 0 Å². The Kier molecular flexibility index (Phi) is 2.54. The Morgan fingerprint density at radius 3 is 2.64 bits per heavy atom. The van der Waals surface area contributed by atoms with Gasteiger partial charge in [0.1, 0.15) is 5.60 Å². The third kappa shape index (κ3) is 2.12. The number of nitrogens with zero attached hydrogens (tertiary/aromatic N) is 2. The maximum absolute atomic E-state index is 9.72. The molecule has 0 bridgehead atoms. The van der Waals surface area contributed by atoms with Crippen LogP contribution < -0.4 is 10.6 Å². The van der Waals surface area contributed by atoms with E-state index in [4.69, 9.17) is 11.6 Å². The second-order valence-corrected chi connectivity index (χ2v) is 3.84. The summed E-state index contributed by atoms with van der Waals surface area (Å²) in [5.74, 6) is 0.481. The highest BCUT2D eigenvalue weighted by molar-refractivity contribution is 6.30. The van der Waals surface area contributed by atoms with Crippen molar-refractivity contribution in [1.82, 2.24) is 15.3 Å². The Morgan fingerprint density at radius 1 is 1.50 bits per heavy atom. The fraction of sp³-hybridized carbons (Fsp3) is 0.500.